The lowest BCUT2D eigenvalue weighted by Crippen LogP contribution is -2.39. The zero-order valence-electron chi connectivity index (χ0n) is 11.9. The summed E-state index contributed by atoms with van der Waals surface area (Å²) in [5.41, 5.74) is 0.931. The molecule has 7 heteroatoms. The number of nitrogens with zero attached hydrogens (tertiary/aromatic N) is 4. The van der Waals surface area contributed by atoms with Crippen LogP contribution in [0.15, 0.2) is 17.8 Å². The largest absolute Gasteiger partial charge is 0.480 e. The van der Waals surface area contributed by atoms with Crippen LogP contribution in [0.5, 0.6) is 0 Å². The third-order valence-corrected chi connectivity index (χ3v) is 4.77. The van der Waals surface area contributed by atoms with Gasteiger partial charge in [-0.15, -0.1) is 11.3 Å². The molecule has 0 radical (unpaired) electrons. The Morgan fingerprint density at radius 2 is 2.43 bits per heavy atom. The molecule has 0 amide bonds. The van der Waals surface area contributed by atoms with Crippen molar-refractivity contribution in [1.29, 1.82) is 0 Å². The van der Waals surface area contributed by atoms with Crippen LogP contribution in [0.4, 0.5) is 0 Å². The van der Waals surface area contributed by atoms with Gasteiger partial charge >= 0.3 is 5.97 Å². The molecule has 0 aliphatic carbocycles. The number of rotatable bonds is 5. The van der Waals surface area contributed by atoms with E-state index in [0.717, 1.165) is 37.3 Å². The standard InChI is InChI=1S/C14H18N4O2S/c1-2-5-18-12(15-9-16-18)8-17-6-3-11-10(4-7-21-11)13(17)14(19)20/h4,7,9,13H,2-3,5-6,8H2,1H3,(H,19,20). The number of carboxylic acid groups (broad SMARTS) is 1. The van der Waals surface area contributed by atoms with Crippen molar-refractivity contribution in [2.45, 2.75) is 38.9 Å². The first-order valence-electron chi connectivity index (χ1n) is 7.10. The summed E-state index contributed by atoms with van der Waals surface area (Å²) in [7, 11) is 0. The van der Waals surface area contributed by atoms with Gasteiger partial charge in [-0.2, -0.15) is 5.10 Å². The fraction of sp³-hybridized carbons (Fsp3) is 0.500. The number of aromatic nitrogens is 3. The number of carboxylic acids is 1. The van der Waals surface area contributed by atoms with Crippen molar-refractivity contribution >= 4 is 17.3 Å². The fourth-order valence-electron chi connectivity index (χ4n) is 2.82. The van der Waals surface area contributed by atoms with Crippen LogP contribution in [-0.4, -0.2) is 37.3 Å². The first kappa shape index (κ1) is 14.2. The van der Waals surface area contributed by atoms with Gasteiger partial charge in [-0.05, 0) is 29.9 Å². The van der Waals surface area contributed by atoms with Crippen LogP contribution in [0, 0.1) is 0 Å². The maximum atomic E-state index is 11.7. The van der Waals surface area contributed by atoms with Crippen molar-refractivity contribution < 1.29 is 9.90 Å². The molecular formula is C14H18N4O2S. The molecule has 1 aliphatic rings. The average Bonchev–Trinajstić information content (AvgIpc) is 3.08. The zero-order chi connectivity index (χ0) is 14.8. The van der Waals surface area contributed by atoms with Crippen molar-refractivity contribution in [3.63, 3.8) is 0 Å². The van der Waals surface area contributed by atoms with Gasteiger partial charge in [0.25, 0.3) is 0 Å². The molecule has 0 saturated heterocycles. The van der Waals surface area contributed by atoms with E-state index in [1.165, 1.54) is 4.88 Å². The summed E-state index contributed by atoms with van der Waals surface area (Å²) >= 11 is 1.64. The maximum absolute atomic E-state index is 11.7. The molecule has 112 valence electrons. The zero-order valence-corrected chi connectivity index (χ0v) is 12.7. The van der Waals surface area contributed by atoms with Crippen molar-refractivity contribution in [2.75, 3.05) is 6.54 Å². The number of aliphatic carboxylic acids is 1. The molecule has 0 fully saturated rings. The van der Waals surface area contributed by atoms with Crippen LogP contribution in [0.1, 0.15) is 35.7 Å². The summed E-state index contributed by atoms with van der Waals surface area (Å²) in [5, 5.41) is 15.8. The van der Waals surface area contributed by atoms with E-state index in [-0.39, 0.29) is 0 Å². The molecule has 2 aromatic heterocycles. The van der Waals surface area contributed by atoms with Crippen LogP contribution >= 0.6 is 11.3 Å². The summed E-state index contributed by atoms with van der Waals surface area (Å²) in [6.07, 6.45) is 3.42. The molecule has 1 atom stereocenters. The monoisotopic (exact) mass is 306 g/mol. The van der Waals surface area contributed by atoms with Crippen LogP contribution in [0.3, 0.4) is 0 Å². The second-order valence-corrected chi connectivity index (χ2v) is 6.16. The Morgan fingerprint density at radius 1 is 1.57 bits per heavy atom. The van der Waals surface area contributed by atoms with Crippen LogP contribution < -0.4 is 0 Å². The Bertz CT molecular complexity index is 636. The summed E-state index contributed by atoms with van der Waals surface area (Å²) in [6.45, 7) is 4.16. The van der Waals surface area contributed by atoms with Crippen molar-refractivity contribution in [1.82, 2.24) is 19.7 Å². The topological polar surface area (TPSA) is 71.2 Å². The predicted octanol–water partition coefficient (Wildman–Crippen LogP) is 1.93. The molecule has 3 heterocycles. The van der Waals surface area contributed by atoms with Gasteiger partial charge in [0.1, 0.15) is 18.2 Å². The first-order chi connectivity index (χ1) is 10.2. The van der Waals surface area contributed by atoms with Crippen LogP contribution in [0.25, 0.3) is 0 Å². The quantitative estimate of drug-likeness (QED) is 0.914. The van der Waals surface area contributed by atoms with E-state index >= 15 is 0 Å². The molecule has 0 spiro atoms. The molecule has 6 nitrogen and oxygen atoms in total. The van der Waals surface area contributed by atoms with Gasteiger partial charge in [0.15, 0.2) is 0 Å². The van der Waals surface area contributed by atoms with E-state index in [1.807, 2.05) is 21.0 Å². The molecule has 21 heavy (non-hydrogen) atoms. The molecule has 2 aromatic rings. The lowest BCUT2D eigenvalue weighted by atomic mass is 10.00. The molecule has 1 aliphatic heterocycles. The third kappa shape index (κ3) is 2.71. The number of hydrogen-bond acceptors (Lipinski definition) is 5. The van der Waals surface area contributed by atoms with Gasteiger partial charge in [0.05, 0.1) is 6.54 Å². The SMILES string of the molecule is CCCn1ncnc1CN1CCc2sccc2C1C(=O)O. The Labute approximate surface area is 127 Å². The highest BCUT2D eigenvalue weighted by molar-refractivity contribution is 7.10. The minimum Gasteiger partial charge on any atom is -0.480 e. The molecule has 0 bridgehead atoms. The van der Waals surface area contributed by atoms with Crippen molar-refractivity contribution in [2.24, 2.45) is 0 Å². The van der Waals surface area contributed by atoms with Gasteiger partial charge < -0.3 is 5.11 Å². The third-order valence-electron chi connectivity index (χ3n) is 3.78. The normalized spacial score (nSPS) is 18.6. The second-order valence-electron chi connectivity index (χ2n) is 5.16. The summed E-state index contributed by atoms with van der Waals surface area (Å²) < 4.78 is 1.86. The van der Waals surface area contributed by atoms with E-state index in [4.69, 9.17) is 0 Å². The van der Waals surface area contributed by atoms with Gasteiger partial charge in [-0.1, -0.05) is 6.92 Å². The van der Waals surface area contributed by atoms with Gasteiger partial charge in [0.2, 0.25) is 0 Å². The van der Waals surface area contributed by atoms with Crippen LogP contribution in [0.2, 0.25) is 0 Å². The highest BCUT2D eigenvalue weighted by Crippen LogP contribution is 2.34. The minimum atomic E-state index is -0.795. The van der Waals surface area contributed by atoms with Gasteiger partial charge in [-0.25, -0.2) is 9.67 Å². The number of thiophene rings is 1. The van der Waals surface area contributed by atoms with Crippen molar-refractivity contribution in [3.05, 3.63) is 34.0 Å². The van der Waals surface area contributed by atoms with E-state index in [2.05, 4.69) is 17.0 Å². The number of fused-ring (bicyclic) bond motifs is 1. The molecule has 0 saturated carbocycles. The summed E-state index contributed by atoms with van der Waals surface area (Å²) in [6, 6.07) is 1.36. The average molecular weight is 306 g/mol. The minimum absolute atomic E-state index is 0.520. The Morgan fingerprint density at radius 3 is 3.19 bits per heavy atom. The lowest BCUT2D eigenvalue weighted by molar-refractivity contribution is -0.144. The van der Waals surface area contributed by atoms with E-state index in [9.17, 15) is 9.90 Å². The number of carbonyl (C=O) groups is 1. The number of hydrogen-bond donors (Lipinski definition) is 1. The molecule has 0 aromatic carbocycles. The number of aryl methyl sites for hydroxylation is 1. The smallest absolute Gasteiger partial charge is 0.325 e. The predicted molar refractivity (Wildman–Crippen MR) is 79.1 cm³/mol. The van der Waals surface area contributed by atoms with Crippen molar-refractivity contribution in [3.8, 4) is 0 Å². The van der Waals surface area contributed by atoms with E-state index in [0.29, 0.717) is 6.54 Å². The lowest BCUT2D eigenvalue weighted by Gasteiger charge is -2.32. The molecule has 1 N–H and O–H groups in total. The second kappa shape index (κ2) is 5.95. The Balaban J connectivity index is 1.85. The van der Waals surface area contributed by atoms with E-state index < -0.39 is 12.0 Å². The summed E-state index contributed by atoms with van der Waals surface area (Å²) in [4.78, 5) is 19.1. The molecule has 1 unspecified atom stereocenters. The van der Waals surface area contributed by atoms with Crippen LogP contribution in [-0.2, 0) is 24.3 Å². The van der Waals surface area contributed by atoms with Gasteiger partial charge in [-0.3, -0.25) is 9.69 Å². The Hall–Kier alpha value is -1.73. The fourth-order valence-corrected chi connectivity index (χ4v) is 3.72. The van der Waals surface area contributed by atoms with Gasteiger partial charge in [0, 0.05) is 18.0 Å². The molecule has 3 rings (SSSR count). The maximum Gasteiger partial charge on any atom is 0.325 e. The first-order valence-corrected chi connectivity index (χ1v) is 7.98. The summed E-state index contributed by atoms with van der Waals surface area (Å²) in [5.74, 6) is 0.0395. The Kier molecular flexibility index (Phi) is 4.03. The van der Waals surface area contributed by atoms with E-state index in [1.54, 1.807) is 17.7 Å². The molecular weight excluding hydrogens is 288 g/mol. The highest BCUT2D eigenvalue weighted by Gasteiger charge is 2.34. The highest BCUT2D eigenvalue weighted by atomic mass is 32.1.